The molecule has 2 fully saturated rings. The summed E-state index contributed by atoms with van der Waals surface area (Å²) < 4.78 is 46.6. The van der Waals surface area contributed by atoms with E-state index in [0.29, 0.717) is 22.4 Å². The van der Waals surface area contributed by atoms with E-state index in [-0.39, 0.29) is 39.2 Å². The number of carbonyl (C=O) groups excluding carboxylic acids is 4. The van der Waals surface area contributed by atoms with Crippen molar-refractivity contribution in [1.82, 2.24) is 24.1 Å². The maximum atomic E-state index is 13.7. The molecule has 2 saturated heterocycles. The molecule has 17 heteroatoms. The van der Waals surface area contributed by atoms with Gasteiger partial charge in [-0.05, 0) is 41.8 Å². The number of hydrogen-bond acceptors (Lipinski definition) is 8. The number of nitrogens with one attached hydrogen (secondary N) is 3. The second-order valence-corrected chi connectivity index (χ2v) is 12.2. The summed E-state index contributed by atoms with van der Waals surface area (Å²) in [6, 6.07) is 8.80. The van der Waals surface area contributed by atoms with Gasteiger partial charge in [-0.1, -0.05) is 18.2 Å². The van der Waals surface area contributed by atoms with Crippen molar-refractivity contribution < 1.29 is 46.6 Å². The number of ether oxygens (including phenoxy) is 1. The minimum Gasteiger partial charge on any atom is -0.464 e. The number of carboxylic acid groups (broad SMARTS) is 1. The first-order chi connectivity index (χ1) is 20.8. The van der Waals surface area contributed by atoms with Gasteiger partial charge in [-0.3, -0.25) is 14.4 Å². The van der Waals surface area contributed by atoms with Crippen LogP contribution in [0.3, 0.4) is 0 Å². The third kappa shape index (κ3) is 5.80. The number of anilines is 1. The Kier molecular flexibility index (Phi) is 8.28. The minimum absolute atomic E-state index is 0.0546. The van der Waals surface area contributed by atoms with Gasteiger partial charge in [0.05, 0.1) is 0 Å². The number of fused-ring (bicyclic) bond motifs is 2. The van der Waals surface area contributed by atoms with Gasteiger partial charge in [-0.15, -0.1) is 0 Å². The lowest BCUT2D eigenvalue weighted by atomic mass is 9.94. The van der Waals surface area contributed by atoms with Gasteiger partial charge < -0.3 is 30.3 Å². The second kappa shape index (κ2) is 11.8. The molecular weight excluding hydrogens is 603 g/mol. The van der Waals surface area contributed by atoms with Crippen LogP contribution in [0, 0.1) is 5.82 Å². The smallest absolute Gasteiger partial charge is 0.419 e. The van der Waals surface area contributed by atoms with Gasteiger partial charge in [0.15, 0.2) is 5.78 Å². The molecule has 15 nitrogen and oxygen atoms in total. The number of Topliss-reactive ketones (excluding diaryl/α,β-unsaturated/α-hetero) is 1. The zero-order valence-corrected chi connectivity index (χ0v) is 24.2. The summed E-state index contributed by atoms with van der Waals surface area (Å²) >= 11 is 0. The fourth-order valence-electron chi connectivity index (χ4n) is 5.65. The summed E-state index contributed by atoms with van der Waals surface area (Å²) in [4.78, 5) is 65.7. The van der Waals surface area contributed by atoms with Gasteiger partial charge in [0.25, 0.3) is 5.91 Å². The summed E-state index contributed by atoms with van der Waals surface area (Å²) in [7, 11) is -2.93. The number of benzene rings is 2. The number of amides is 5. The number of ketones is 1. The predicted molar refractivity (Wildman–Crippen MR) is 150 cm³/mol. The van der Waals surface area contributed by atoms with E-state index in [2.05, 4.69) is 10.6 Å². The van der Waals surface area contributed by atoms with Crippen molar-refractivity contribution in [3.05, 3.63) is 65.0 Å². The molecule has 0 bridgehead atoms. The van der Waals surface area contributed by atoms with Gasteiger partial charge in [0.1, 0.15) is 19.1 Å². The molecule has 5 rings (SSSR count). The molecule has 0 saturated carbocycles. The average Bonchev–Trinajstić information content (AvgIpc) is 3.66. The van der Waals surface area contributed by atoms with E-state index in [9.17, 15) is 36.8 Å². The van der Waals surface area contributed by atoms with Crippen molar-refractivity contribution in [3.63, 3.8) is 0 Å². The number of hydrogen-bond donors (Lipinski definition) is 4. The summed E-state index contributed by atoms with van der Waals surface area (Å²) in [5, 5.41) is 13.9. The first-order valence-electron chi connectivity index (χ1n) is 13.5. The van der Waals surface area contributed by atoms with E-state index in [1.165, 1.54) is 53.1 Å². The zero-order valence-electron chi connectivity index (χ0n) is 23.4. The highest BCUT2D eigenvalue weighted by atomic mass is 32.2. The standard InChI is InChI=1S/C27H29FN6O9S/c1-29-25(38)30-19-6-7-21-17(10-19)11-22(35)27(21)24(37)32(15-43-27)14-23(36)34(12-16-2-4-18(28)5-3-16)20-8-9-33(13-20)44(41,42)31-26(39)40/h2-7,10,20,31H,8-9,11-15H2,1H3,(H,39,40)(H2,29,30,38)/t20-,27-/m1/s1. The molecule has 2 aromatic carbocycles. The van der Waals surface area contributed by atoms with Crippen LogP contribution in [0.25, 0.3) is 0 Å². The molecular formula is C27H29FN6O9S. The third-order valence-electron chi connectivity index (χ3n) is 7.77. The SMILES string of the molecule is CNC(=O)Nc1ccc2c(c1)CC(=O)[C@]21OCN(CC(=O)N(Cc2ccc(F)cc2)[C@@H]2CCN(S(=O)(=O)NC(=O)O)C2)C1=O. The molecule has 1 aliphatic carbocycles. The van der Waals surface area contributed by atoms with Gasteiger partial charge in [-0.2, -0.15) is 12.7 Å². The molecule has 0 aromatic heterocycles. The van der Waals surface area contributed by atoms with E-state index in [4.69, 9.17) is 9.84 Å². The van der Waals surface area contributed by atoms with Crippen LogP contribution < -0.4 is 15.4 Å². The van der Waals surface area contributed by atoms with Crippen LogP contribution in [0.1, 0.15) is 23.1 Å². The quantitative estimate of drug-likeness (QED) is 0.297. The molecule has 4 N–H and O–H groups in total. The van der Waals surface area contributed by atoms with E-state index >= 15 is 0 Å². The van der Waals surface area contributed by atoms with Crippen LogP contribution in [-0.4, -0.2) is 96.8 Å². The lowest BCUT2D eigenvalue weighted by Gasteiger charge is -2.31. The summed E-state index contributed by atoms with van der Waals surface area (Å²) in [6.45, 7) is -1.22. The fourth-order valence-corrected chi connectivity index (χ4v) is 6.71. The van der Waals surface area contributed by atoms with Crippen molar-refractivity contribution >= 4 is 45.6 Å². The first-order valence-corrected chi connectivity index (χ1v) is 14.9. The predicted octanol–water partition coefficient (Wildman–Crippen LogP) is 0.329. The topological polar surface area (TPSA) is 195 Å². The largest absolute Gasteiger partial charge is 0.464 e. The molecule has 234 valence electrons. The Labute approximate surface area is 251 Å². The molecule has 5 amide bonds. The number of urea groups is 1. The van der Waals surface area contributed by atoms with E-state index in [0.717, 1.165) is 9.21 Å². The summed E-state index contributed by atoms with van der Waals surface area (Å²) in [6.07, 6.45) is -1.71. The third-order valence-corrected chi connectivity index (χ3v) is 9.22. The molecule has 44 heavy (non-hydrogen) atoms. The fraction of sp³-hybridized carbons (Fsp3) is 0.370. The Bertz CT molecular complexity index is 1640. The Morgan fingerprint density at radius 1 is 1.16 bits per heavy atom. The molecule has 2 aromatic rings. The lowest BCUT2D eigenvalue weighted by molar-refractivity contribution is -0.149. The first kappa shape index (κ1) is 30.8. The molecule has 1 spiro atoms. The zero-order chi connectivity index (χ0) is 31.8. The van der Waals surface area contributed by atoms with Gasteiger partial charge >= 0.3 is 22.3 Å². The number of nitrogens with zero attached hydrogens (tertiary/aromatic N) is 3. The van der Waals surface area contributed by atoms with Gasteiger partial charge in [-0.25, -0.2) is 18.7 Å². The van der Waals surface area contributed by atoms with Crippen molar-refractivity contribution in [1.29, 1.82) is 0 Å². The molecule has 2 heterocycles. The van der Waals surface area contributed by atoms with Crippen molar-refractivity contribution in [2.24, 2.45) is 0 Å². The maximum absolute atomic E-state index is 13.7. The monoisotopic (exact) mass is 632 g/mol. The van der Waals surface area contributed by atoms with Gasteiger partial charge in [0.2, 0.25) is 11.5 Å². The Morgan fingerprint density at radius 3 is 2.57 bits per heavy atom. The van der Waals surface area contributed by atoms with E-state index in [1.807, 2.05) is 0 Å². The van der Waals surface area contributed by atoms with Crippen LogP contribution >= 0.6 is 0 Å². The second-order valence-electron chi connectivity index (χ2n) is 10.5. The maximum Gasteiger partial charge on any atom is 0.419 e. The van der Waals surface area contributed by atoms with Crippen molar-refractivity contribution in [2.45, 2.75) is 31.0 Å². The Balaban J connectivity index is 1.35. The molecule has 3 aliphatic rings. The number of rotatable bonds is 8. The minimum atomic E-state index is -4.37. The molecule has 2 atom stereocenters. The average molecular weight is 633 g/mol. The highest BCUT2D eigenvalue weighted by Gasteiger charge is 2.59. The van der Waals surface area contributed by atoms with Crippen LogP contribution in [0.15, 0.2) is 42.5 Å². The van der Waals surface area contributed by atoms with Crippen molar-refractivity contribution in [2.75, 3.05) is 38.7 Å². The summed E-state index contributed by atoms with van der Waals surface area (Å²) in [5.74, 6) is -2.33. The highest BCUT2D eigenvalue weighted by molar-refractivity contribution is 7.87. The lowest BCUT2D eigenvalue weighted by Crippen LogP contribution is -2.49. The molecule has 2 aliphatic heterocycles. The van der Waals surface area contributed by atoms with Gasteiger partial charge in [0, 0.05) is 50.4 Å². The summed E-state index contributed by atoms with van der Waals surface area (Å²) in [5.41, 5.74) is -0.190. The van der Waals surface area contributed by atoms with Crippen LogP contribution in [0.2, 0.25) is 0 Å². The van der Waals surface area contributed by atoms with Crippen molar-refractivity contribution in [3.8, 4) is 0 Å². The molecule has 0 unspecified atom stereocenters. The van der Waals surface area contributed by atoms with Crippen LogP contribution in [0.4, 0.5) is 19.7 Å². The number of halogens is 1. The molecule has 0 radical (unpaired) electrons. The van der Waals surface area contributed by atoms with Crippen LogP contribution in [0.5, 0.6) is 0 Å². The Morgan fingerprint density at radius 2 is 1.89 bits per heavy atom. The van der Waals surface area contributed by atoms with E-state index < -0.39 is 63.9 Å². The van der Waals surface area contributed by atoms with Crippen LogP contribution in [-0.2, 0) is 47.9 Å². The highest BCUT2D eigenvalue weighted by Crippen LogP contribution is 2.43. The number of carbonyl (C=O) groups is 5. The normalized spacial score (nSPS) is 21.4. The Hall–Kier alpha value is -4.61. The van der Waals surface area contributed by atoms with E-state index in [1.54, 1.807) is 6.07 Å².